The minimum atomic E-state index is 0.780. The molecule has 92 valence electrons. The van der Waals surface area contributed by atoms with Crippen LogP contribution in [0.5, 0.6) is 0 Å². The molecule has 5 nitrogen and oxygen atoms in total. The first-order valence-electron chi connectivity index (χ1n) is 6.02. The van der Waals surface area contributed by atoms with Crippen molar-refractivity contribution >= 4 is 11.6 Å². The molecule has 1 aromatic carbocycles. The second-order valence-corrected chi connectivity index (χ2v) is 4.19. The average molecular weight is 241 g/mol. The lowest BCUT2D eigenvalue weighted by Crippen LogP contribution is -2.25. The van der Waals surface area contributed by atoms with Gasteiger partial charge in [0.2, 0.25) is 0 Å². The zero-order chi connectivity index (χ0) is 12.2. The number of hydrogen-bond donors (Lipinski definition) is 2. The van der Waals surface area contributed by atoms with Crippen LogP contribution in [0.25, 0.3) is 0 Å². The number of nitrogens with one attached hydrogen (secondary N) is 2. The van der Waals surface area contributed by atoms with E-state index in [0.29, 0.717) is 0 Å². The molecule has 0 radical (unpaired) electrons. The third kappa shape index (κ3) is 2.51. The molecular formula is C13H15N5. The molecule has 5 heteroatoms. The fourth-order valence-corrected chi connectivity index (χ4v) is 1.90. The topological polar surface area (TPSA) is 54.2 Å². The molecule has 0 unspecified atom stereocenters. The van der Waals surface area contributed by atoms with Crippen LogP contribution in [0.1, 0.15) is 5.56 Å². The molecule has 0 atom stereocenters. The lowest BCUT2D eigenvalue weighted by atomic mass is 10.2. The minimum Gasteiger partial charge on any atom is -0.354 e. The van der Waals surface area contributed by atoms with E-state index in [1.807, 2.05) is 35.3 Å². The molecule has 0 aliphatic carbocycles. The molecule has 3 rings (SSSR count). The predicted molar refractivity (Wildman–Crippen MR) is 71.7 cm³/mol. The first-order valence-corrected chi connectivity index (χ1v) is 6.02. The van der Waals surface area contributed by atoms with Crippen molar-refractivity contribution in [2.24, 2.45) is 4.99 Å². The first kappa shape index (κ1) is 10.8. The Morgan fingerprint density at radius 1 is 1.28 bits per heavy atom. The largest absolute Gasteiger partial charge is 0.354 e. The van der Waals surface area contributed by atoms with Crippen LogP contribution in [0.4, 0.5) is 5.69 Å². The number of rotatable bonds is 3. The molecule has 2 N–H and O–H groups in total. The number of hydrogen-bond acceptors (Lipinski definition) is 4. The van der Waals surface area contributed by atoms with Crippen molar-refractivity contribution in [2.45, 2.75) is 6.54 Å². The average Bonchev–Trinajstić information content (AvgIpc) is 3.03. The molecule has 0 saturated carbocycles. The number of guanidine groups is 1. The molecule has 2 heterocycles. The Labute approximate surface area is 106 Å². The molecule has 2 aromatic rings. The van der Waals surface area contributed by atoms with Crippen LogP contribution in [0, 0.1) is 0 Å². The SMILES string of the molecule is c1ccc(Cn2cc(NC3=NCCN3)cn2)cc1. The van der Waals surface area contributed by atoms with Crippen molar-refractivity contribution in [1.29, 1.82) is 0 Å². The molecule has 0 fully saturated rings. The monoisotopic (exact) mass is 241 g/mol. The van der Waals surface area contributed by atoms with Crippen molar-refractivity contribution < 1.29 is 0 Å². The second kappa shape index (κ2) is 4.91. The van der Waals surface area contributed by atoms with Crippen LogP contribution in [-0.2, 0) is 6.54 Å². The summed E-state index contributed by atoms with van der Waals surface area (Å²) in [6.45, 7) is 2.52. The molecule has 1 aliphatic heterocycles. The summed E-state index contributed by atoms with van der Waals surface area (Å²) in [4.78, 5) is 4.28. The Bertz CT molecular complexity index is 544. The zero-order valence-electron chi connectivity index (χ0n) is 10.0. The fraction of sp³-hybridized carbons (Fsp3) is 0.231. The van der Waals surface area contributed by atoms with Gasteiger partial charge in [0.15, 0.2) is 5.96 Å². The second-order valence-electron chi connectivity index (χ2n) is 4.19. The van der Waals surface area contributed by atoms with Gasteiger partial charge in [0, 0.05) is 12.7 Å². The highest BCUT2D eigenvalue weighted by Gasteiger charge is 2.06. The lowest BCUT2D eigenvalue weighted by Gasteiger charge is -2.03. The Hall–Kier alpha value is -2.30. The molecule has 0 spiro atoms. The Morgan fingerprint density at radius 3 is 2.94 bits per heavy atom. The van der Waals surface area contributed by atoms with Crippen molar-refractivity contribution in [2.75, 3.05) is 18.4 Å². The molecular weight excluding hydrogens is 226 g/mol. The van der Waals surface area contributed by atoms with Crippen molar-refractivity contribution in [3.8, 4) is 0 Å². The van der Waals surface area contributed by atoms with E-state index in [0.717, 1.165) is 31.3 Å². The standard InChI is InChI=1S/C13H15N5/c1-2-4-11(5-3-1)9-18-10-12(8-16-18)17-13-14-6-7-15-13/h1-5,8,10H,6-7,9H2,(H2,14,15,17). The van der Waals surface area contributed by atoms with E-state index in [2.05, 4.69) is 32.9 Å². The normalized spacial score (nSPS) is 14.1. The Kier molecular flexibility index (Phi) is 2.96. The summed E-state index contributed by atoms with van der Waals surface area (Å²) >= 11 is 0. The van der Waals surface area contributed by atoms with E-state index in [1.165, 1.54) is 5.56 Å². The smallest absolute Gasteiger partial charge is 0.196 e. The van der Waals surface area contributed by atoms with Crippen LogP contribution >= 0.6 is 0 Å². The predicted octanol–water partition coefficient (Wildman–Crippen LogP) is 1.30. The minimum absolute atomic E-state index is 0.780. The van der Waals surface area contributed by atoms with E-state index < -0.39 is 0 Å². The van der Waals surface area contributed by atoms with Crippen molar-refractivity contribution in [1.82, 2.24) is 15.1 Å². The number of aromatic nitrogens is 2. The van der Waals surface area contributed by atoms with E-state index >= 15 is 0 Å². The summed E-state index contributed by atoms with van der Waals surface area (Å²) < 4.78 is 1.91. The Balaban J connectivity index is 1.66. The summed E-state index contributed by atoms with van der Waals surface area (Å²) in [6, 6.07) is 10.3. The van der Waals surface area contributed by atoms with Gasteiger partial charge >= 0.3 is 0 Å². The van der Waals surface area contributed by atoms with Crippen LogP contribution < -0.4 is 10.6 Å². The van der Waals surface area contributed by atoms with Gasteiger partial charge in [-0.3, -0.25) is 9.67 Å². The maximum atomic E-state index is 4.32. The van der Waals surface area contributed by atoms with Gasteiger partial charge in [0.05, 0.1) is 25.0 Å². The van der Waals surface area contributed by atoms with E-state index in [4.69, 9.17) is 0 Å². The van der Waals surface area contributed by atoms with E-state index in [-0.39, 0.29) is 0 Å². The van der Waals surface area contributed by atoms with Gasteiger partial charge in [-0.05, 0) is 5.56 Å². The van der Waals surface area contributed by atoms with Gasteiger partial charge in [-0.15, -0.1) is 0 Å². The van der Waals surface area contributed by atoms with Crippen LogP contribution in [0.2, 0.25) is 0 Å². The highest BCUT2D eigenvalue weighted by molar-refractivity contribution is 5.94. The number of aliphatic imine (C=N–C) groups is 1. The van der Waals surface area contributed by atoms with Gasteiger partial charge < -0.3 is 10.6 Å². The Morgan fingerprint density at radius 2 is 2.17 bits per heavy atom. The highest BCUT2D eigenvalue weighted by atomic mass is 15.3. The van der Waals surface area contributed by atoms with Crippen LogP contribution in [0.15, 0.2) is 47.7 Å². The molecule has 18 heavy (non-hydrogen) atoms. The van der Waals surface area contributed by atoms with Gasteiger partial charge in [0.25, 0.3) is 0 Å². The molecule has 1 aromatic heterocycles. The third-order valence-electron chi connectivity index (χ3n) is 2.76. The fourth-order valence-electron chi connectivity index (χ4n) is 1.90. The number of anilines is 1. The number of nitrogens with zero attached hydrogens (tertiary/aromatic N) is 3. The highest BCUT2D eigenvalue weighted by Crippen LogP contribution is 2.08. The van der Waals surface area contributed by atoms with Gasteiger partial charge in [-0.25, -0.2) is 0 Å². The summed E-state index contributed by atoms with van der Waals surface area (Å²) in [5.74, 6) is 0.828. The molecule has 0 saturated heterocycles. The lowest BCUT2D eigenvalue weighted by molar-refractivity contribution is 0.687. The molecule has 0 bridgehead atoms. The summed E-state index contributed by atoms with van der Waals surface area (Å²) in [7, 11) is 0. The van der Waals surface area contributed by atoms with Gasteiger partial charge in [-0.2, -0.15) is 5.10 Å². The van der Waals surface area contributed by atoms with Gasteiger partial charge in [0.1, 0.15) is 0 Å². The van der Waals surface area contributed by atoms with Gasteiger partial charge in [-0.1, -0.05) is 30.3 Å². The quantitative estimate of drug-likeness (QED) is 0.851. The van der Waals surface area contributed by atoms with Crippen molar-refractivity contribution in [3.63, 3.8) is 0 Å². The molecule has 1 aliphatic rings. The summed E-state index contributed by atoms with van der Waals surface area (Å²) in [6.07, 6.45) is 3.79. The maximum absolute atomic E-state index is 4.32. The van der Waals surface area contributed by atoms with E-state index in [9.17, 15) is 0 Å². The van der Waals surface area contributed by atoms with Crippen molar-refractivity contribution in [3.05, 3.63) is 48.3 Å². The zero-order valence-corrected chi connectivity index (χ0v) is 10.0. The summed E-state index contributed by atoms with van der Waals surface area (Å²) in [5.41, 5.74) is 2.20. The van der Waals surface area contributed by atoms with Crippen LogP contribution in [-0.4, -0.2) is 28.8 Å². The number of benzene rings is 1. The maximum Gasteiger partial charge on any atom is 0.196 e. The molecule has 0 amide bonds. The van der Waals surface area contributed by atoms with Crippen LogP contribution in [0.3, 0.4) is 0 Å². The van der Waals surface area contributed by atoms with E-state index in [1.54, 1.807) is 0 Å². The summed E-state index contributed by atoms with van der Waals surface area (Å²) in [5, 5.41) is 10.7. The first-order chi connectivity index (χ1) is 8.90. The third-order valence-corrected chi connectivity index (χ3v) is 2.76.